The predicted octanol–water partition coefficient (Wildman–Crippen LogP) is 3.22. The number of benzene rings is 1. The average molecular weight is 256 g/mol. The first kappa shape index (κ1) is 12.6. The summed E-state index contributed by atoms with van der Waals surface area (Å²) in [6, 6.07) is 4.81. The summed E-state index contributed by atoms with van der Waals surface area (Å²) in [5.74, 6) is -0.627. The highest BCUT2D eigenvalue weighted by atomic mass is 19.4. The molecule has 0 aliphatic heterocycles. The standard InChI is InChI=1S/C12H11F3N2O/c1-3-7-10-8(5-4-6-9(10)18-2)17-11(16-7)12(13,14)15/h4-6H,3H2,1-2H3. The first-order valence-corrected chi connectivity index (χ1v) is 5.38. The molecule has 0 bridgehead atoms. The van der Waals surface area contributed by atoms with Gasteiger partial charge in [0, 0.05) is 0 Å². The molecular weight excluding hydrogens is 245 g/mol. The van der Waals surface area contributed by atoms with Gasteiger partial charge in [0.1, 0.15) is 5.75 Å². The number of aromatic nitrogens is 2. The largest absolute Gasteiger partial charge is 0.496 e. The molecule has 96 valence electrons. The van der Waals surface area contributed by atoms with Crippen LogP contribution in [0.3, 0.4) is 0 Å². The maximum Gasteiger partial charge on any atom is 0.451 e. The number of aryl methyl sites for hydroxylation is 1. The lowest BCUT2D eigenvalue weighted by atomic mass is 10.1. The third-order valence-corrected chi connectivity index (χ3v) is 2.57. The summed E-state index contributed by atoms with van der Waals surface area (Å²) in [7, 11) is 1.46. The Bertz CT molecular complexity index is 581. The normalized spacial score (nSPS) is 11.8. The molecule has 6 heteroatoms. The van der Waals surface area contributed by atoms with Crippen LogP contribution in [0.5, 0.6) is 5.75 Å². The third-order valence-electron chi connectivity index (χ3n) is 2.57. The molecule has 18 heavy (non-hydrogen) atoms. The molecule has 0 aliphatic rings. The number of hydrogen-bond donors (Lipinski definition) is 0. The molecule has 0 unspecified atom stereocenters. The van der Waals surface area contributed by atoms with Crippen molar-refractivity contribution in [3.05, 3.63) is 29.7 Å². The van der Waals surface area contributed by atoms with Gasteiger partial charge in [-0.25, -0.2) is 9.97 Å². The van der Waals surface area contributed by atoms with Gasteiger partial charge in [-0.2, -0.15) is 13.2 Å². The van der Waals surface area contributed by atoms with Crippen LogP contribution in [0.15, 0.2) is 18.2 Å². The van der Waals surface area contributed by atoms with Gasteiger partial charge in [-0.1, -0.05) is 13.0 Å². The monoisotopic (exact) mass is 256 g/mol. The van der Waals surface area contributed by atoms with Crippen molar-refractivity contribution in [3.63, 3.8) is 0 Å². The highest BCUT2D eigenvalue weighted by molar-refractivity contribution is 5.87. The lowest BCUT2D eigenvalue weighted by Crippen LogP contribution is -2.13. The number of alkyl halides is 3. The van der Waals surface area contributed by atoms with Gasteiger partial charge in [0.05, 0.1) is 23.7 Å². The van der Waals surface area contributed by atoms with E-state index in [0.717, 1.165) is 0 Å². The van der Waals surface area contributed by atoms with Crippen molar-refractivity contribution >= 4 is 10.9 Å². The zero-order valence-corrected chi connectivity index (χ0v) is 9.88. The molecule has 1 aromatic heterocycles. The molecule has 1 heterocycles. The molecule has 2 aromatic rings. The molecule has 1 aromatic carbocycles. The Labute approximate surface area is 102 Å². The van der Waals surface area contributed by atoms with Gasteiger partial charge in [0.15, 0.2) is 0 Å². The van der Waals surface area contributed by atoms with E-state index in [9.17, 15) is 13.2 Å². The van der Waals surface area contributed by atoms with Crippen LogP contribution in [0, 0.1) is 0 Å². The van der Waals surface area contributed by atoms with Crippen LogP contribution >= 0.6 is 0 Å². The average Bonchev–Trinajstić information content (AvgIpc) is 2.35. The maximum absolute atomic E-state index is 12.7. The number of ether oxygens (including phenoxy) is 1. The predicted molar refractivity (Wildman–Crippen MR) is 60.5 cm³/mol. The topological polar surface area (TPSA) is 35.0 Å². The van der Waals surface area contributed by atoms with E-state index < -0.39 is 12.0 Å². The van der Waals surface area contributed by atoms with Crippen molar-refractivity contribution in [2.24, 2.45) is 0 Å². The van der Waals surface area contributed by atoms with E-state index in [1.54, 1.807) is 19.1 Å². The second kappa shape index (κ2) is 4.44. The smallest absolute Gasteiger partial charge is 0.451 e. The number of hydrogen-bond acceptors (Lipinski definition) is 3. The van der Waals surface area contributed by atoms with Crippen molar-refractivity contribution in [3.8, 4) is 5.75 Å². The second-order valence-corrected chi connectivity index (χ2v) is 3.70. The van der Waals surface area contributed by atoms with E-state index in [4.69, 9.17) is 4.74 Å². The van der Waals surface area contributed by atoms with E-state index in [0.29, 0.717) is 23.3 Å². The minimum atomic E-state index is -4.54. The van der Waals surface area contributed by atoms with Gasteiger partial charge in [0.25, 0.3) is 0 Å². The third kappa shape index (κ3) is 2.10. The molecule has 2 rings (SSSR count). The molecule has 0 spiro atoms. The Morgan fingerprint density at radius 1 is 1.22 bits per heavy atom. The zero-order valence-electron chi connectivity index (χ0n) is 9.88. The molecule has 0 saturated heterocycles. The van der Waals surface area contributed by atoms with E-state index >= 15 is 0 Å². The Kier molecular flexibility index (Phi) is 3.11. The molecule has 0 atom stereocenters. The van der Waals surface area contributed by atoms with Gasteiger partial charge in [0.2, 0.25) is 5.82 Å². The van der Waals surface area contributed by atoms with Gasteiger partial charge < -0.3 is 4.74 Å². The number of rotatable bonds is 2. The summed E-state index contributed by atoms with van der Waals surface area (Å²) >= 11 is 0. The summed E-state index contributed by atoms with van der Waals surface area (Å²) in [6.45, 7) is 1.74. The molecular formula is C12H11F3N2O. The van der Waals surface area contributed by atoms with Gasteiger partial charge in [-0.15, -0.1) is 0 Å². The van der Waals surface area contributed by atoms with Crippen LogP contribution in [0.1, 0.15) is 18.4 Å². The summed E-state index contributed by atoms with van der Waals surface area (Å²) in [6.07, 6.45) is -4.16. The maximum atomic E-state index is 12.7. The van der Waals surface area contributed by atoms with Crippen LogP contribution in [0.25, 0.3) is 10.9 Å². The zero-order chi connectivity index (χ0) is 13.3. The quantitative estimate of drug-likeness (QED) is 0.827. The fraction of sp³-hybridized carbons (Fsp3) is 0.333. The second-order valence-electron chi connectivity index (χ2n) is 3.70. The van der Waals surface area contributed by atoms with E-state index in [1.165, 1.54) is 13.2 Å². The highest BCUT2D eigenvalue weighted by Crippen LogP contribution is 2.32. The fourth-order valence-electron chi connectivity index (χ4n) is 1.78. The molecule has 0 N–H and O–H groups in total. The minimum absolute atomic E-state index is 0.244. The van der Waals surface area contributed by atoms with Crippen LogP contribution in [-0.2, 0) is 12.6 Å². The summed E-state index contributed by atoms with van der Waals surface area (Å²) in [4.78, 5) is 7.13. The van der Waals surface area contributed by atoms with Crippen molar-refractivity contribution in [2.75, 3.05) is 7.11 Å². The van der Waals surface area contributed by atoms with Gasteiger partial charge in [-0.3, -0.25) is 0 Å². The first-order chi connectivity index (χ1) is 8.47. The summed E-state index contributed by atoms with van der Waals surface area (Å²) in [5, 5.41) is 0.538. The van der Waals surface area contributed by atoms with E-state index in [1.807, 2.05) is 0 Å². The number of methoxy groups -OCH3 is 1. The van der Waals surface area contributed by atoms with Gasteiger partial charge >= 0.3 is 6.18 Å². The Hall–Kier alpha value is -1.85. The highest BCUT2D eigenvalue weighted by Gasteiger charge is 2.35. The summed E-state index contributed by atoms with van der Waals surface area (Å²) < 4.78 is 43.1. The lowest BCUT2D eigenvalue weighted by molar-refractivity contribution is -0.144. The molecule has 3 nitrogen and oxygen atoms in total. The van der Waals surface area contributed by atoms with E-state index in [2.05, 4.69) is 9.97 Å². The molecule has 0 aliphatic carbocycles. The molecule has 0 radical (unpaired) electrons. The Balaban J connectivity index is 2.79. The SMILES string of the molecule is CCc1nc(C(F)(F)F)nc2cccc(OC)c12. The Morgan fingerprint density at radius 3 is 2.50 bits per heavy atom. The van der Waals surface area contributed by atoms with E-state index in [-0.39, 0.29) is 5.52 Å². The minimum Gasteiger partial charge on any atom is -0.496 e. The molecule has 0 amide bonds. The van der Waals surface area contributed by atoms with Crippen LogP contribution in [-0.4, -0.2) is 17.1 Å². The lowest BCUT2D eigenvalue weighted by Gasteiger charge is -2.11. The van der Waals surface area contributed by atoms with Crippen molar-refractivity contribution in [2.45, 2.75) is 19.5 Å². The van der Waals surface area contributed by atoms with Crippen LogP contribution in [0.2, 0.25) is 0 Å². The number of fused-ring (bicyclic) bond motifs is 1. The molecule has 0 saturated carbocycles. The molecule has 0 fully saturated rings. The van der Waals surface area contributed by atoms with Crippen molar-refractivity contribution in [1.82, 2.24) is 9.97 Å². The fourth-order valence-corrected chi connectivity index (χ4v) is 1.78. The first-order valence-electron chi connectivity index (χ1n) is 5.38. The van der Waals surface area contributed by atoms with Crippen LogP contribution in [0.4, 0.5) is 13.2 Å². The Morgan fingerprint density at radius 2 is 1.94 bits per heavy atom. The number of nitrogens with zero attached hydrogens (tertiary/aromatic N) is 2. The van der Waals surface area contributed by atoms with Crippen molar-refractivity contribution < 1.29 is 17.9 Å². The van der Waals surface area contributed by atoms with Gasteiger partial charge in [-0.05, 0) is 18.6 Å². The van der Waals surface area contributed by atoms with Crippen molar-refractivity contribution in [1.29, 1.82) is 0 Å². The number of halogens is 3. The van der Waals surface area contributed by atoms with Crippen LogP contribution < -0.4 is 4.74 Å². The summed E-state index contributed by atoms with van der Waals surface area (Å²) in [5.41, 5.74) is 0.582.